The zero-order valence-corrected chi connectivity index (χ0v) is 14.5. The number of nitrogens with two attached hydrogens (primary N) is 1. The van der Waals surface area contributed by atoms with Gasteiger partial charge in [0.1, 0.15) is 0 Å². The fraction of sp³-hybridized carbons (Fsp3) is 0.529. The fourth-order valence-corrected chi connectivity index (χ4v) is 3.39. The Morgan fingerprint density at radius 1 is 1.30 bits per heavy atom. The average Bonchev–Trinajstić information content (AvgIpc) is 2.37. The van der Waals surface area contributed by atoms with Crippen LogP contribution in [0.4, 0.5) is 5.69 Å². The van der Waals surface area contributed by atoms with E-state index in [9.17, 15) is 0 Å². The van der Waals surface area contributed by atoms with E-state index in [1.807, 2.05) is 6.92 Å². The summed E-state index contributed by atoms with van der Waals surface area (Å²) in [7, 11) is 0. The molecule has 0 amide bonds. The molecular formula is C17H25BrN2. The molecule has 2 rings (SSSR count). The standard InChI is InChI=1S/C17H25BrN2/c1-12(19)15-6-5-14(11-16(15)18)20-9-7-13(8-10-20)17(2,3)4/h5-7,11-12H,8-10,19H2,1-4H3. The molecule has 2 nitrogen and oxygen atoms in total. The molecule has 0 bridgehead atoms. The molecular weight excluding hydrogens is 312 g/mol. The first-order chi connectivity index (χ1) is 9.29. The lowest BCUT2D eigenvalue weighted by molar-refractivity contribution is 0.472. The minimum absolute atomic E-state index is 0.0622. The van der Waals surface area contributed by atoms with E-state index in [1.165, 1.54) is 5.69 Å². The van der Waals surface area contributed by atoms with Crippen molar-refractivity contribution in [3.8, 4) is 0 Å². The average molecular weight is 337 g/mol. The molecule has 1 unspecified atom stereocenters. The third-order valence-corrected chi connectivity index (χ3v) is 4.70. The lowest BCUT2D eigenvalue weighted by atomic mass is 9.83. The molecule has 1 aliphatic rings. The summed E-state index contributed by atoms with van der Waals surface area (Å²) < 4.78 is 1.11. The van der Waals surface area contributed by atoms with Crippen molar-refractivity contribution in [2.75, 3.05) is 18.0 Å². The second kappa shape index (κ2) is 5.90. The summed E-state index contributed by atoms with van der Waals surface area (Å²) in [5, 5.41) is 0. The molecule has 110 valence electrons. The van der Waals surface area contributed by atoms with E-state index in [0.29, 0.717) is 5.41 Å². The molecule has 0 aliphatic carbocycles. The van der Waals surface area contributed by atoms with Crippen molar-refractivity contribution in [3.63, 3.8) is 0 Å². The quantitative estimate of drug-likeness (QED) is 0.796. The molecule has 1 heterocycles. The Labute approximate surface area is 131 Å². The van der Waals surface area contributed by atoms with Gasteiger partial charge in [0, 0.05) is 29.3 Å². The van der Waals surface area contributed by atoms with Gasteiger partial charge in [0.05, 0.1) is 0 Å². The van der Waals surface area contributed by atoms with Crippen LogP contribution in [0.1, 0.15) is 45.7 Å². The molecule has 0 fully saturated rings. The Morgan fingerprint density at radius 2 is 2.00 bits per heavy atom. The largest absolute Gasteiger partial charge is 0.367 e. The highest BCUT2D eigenvalue weighted by Crippen LogP contribution is 2.33. The topological polar surface area (TPSA) is 29.3 Å². The molecule has 1 aromatic rings. The first kappa shape index (κ1) is 15.6. The molecule has 3 heteroatoms. The Morgan fingerprint density at radius 3 is 2.45 bits per heavy atom. The third-order valence-electron chi connectivity index (χ3n) is 4.01. The summed E-state index contributed by atoms with van der Waals surface area (Å²) in [6, 6.07) is 6.56. The number of anilines is 1. The first-order valence-corrected chi connectivity index (χ1v) is 8.08. The number of benzene rings is 1. The second-order valence-electron chi connectivity index (χ2n) is 6.67. The van der Waals surface area contributed by atoms with Crippen molar-refractivity contribution >= 4 is 21.6 Å². The van der Waals surface area contributed by atoms with Crippen LogP contribution in [0.15, 0.2) is 34.3 Å². The van der Waals surface area contributed by atoms with Crippen molar-refractivity contribution in [2.45, 2.75) is 40.2 Å². The van der Waals surface area contributed by atoms with E-state index < -0.39 is 0 Å². The van der Waals surface area contributed by atoms with Gasteiger partial charge in [-0.15, -0.1) is 0 Å². The molecule has 1 aromatic carbocycles. The Kier molecular flexibility index (Phi) is 4.60. The van der Waals surface area contributed by atoms with Gasteiger partial charge in [-0.05, 0) is 36.5 Å². The van der Waals surface area contributed by atoms with Gasteiger partial charge in [-0.3, -0.25) is 0 Å². The monoisotopic (exact) mass is 336 g/mol. The van der Waals surface area contributed by atoms with Gasteiger partial charge in [-0.25, -0.2) is 0 Å². The minimum atomic E-state index is 0.0622. The van der Waals surface area contributed by atoms with Crippen LogP contribution in [0.25, 0.3) is 0 Å². The van der Waals surface area contributed by atoms with Gasteiger partial charge in [0.15, 0.2) is 0 Å². The summed E-state index contributed by atoms with van der Waals surface area (Å²) in [6.07, 6.45) is 3.53. The lowest BCUT2D eigenvalue weighted by Gasteiger charge is -2.33. The summed E-state index contributed by atoms with van der Waals surface area (Å²) in [6.45, 7) is 11.0. The maximum absolute atomic E-state index is 5.96. The van der Waals surface area contributed by atoms with E-state index in [0.717, 1.165) is 29.5 Å². The van der Waals surface area contributed by atoms with Crippen molar-refractivity contribution in [3.05, 3.63) is 39.9 Å². The van der Waals surface area contributed by atoms with Gasteiger partial charge >= 0.3 is 0 Å². The summed E-state index contributed by atoms with van der Waals surface area (Å²) in [4.78, 5) is 2.42. The smallest absolute Gasteiger partial charge is 0.0380 e. The molecule has 0 saturated carbocycles. The highest BCUT2D eigenvalue weighted by molar-refractivity contribution is 9.10. The molecule has 0 saturated heterocycles. The van der Waals surface area contributed by atoms with Crippen molar-refractivity contribution in [1.29, 1.82) is 0 Å². The van der Waals surface area contributed by atoms with Crippen LogP contribution in [-0.4, -0.2) is 13.1 Å². The summed E-state index contributed by atoms with van der Waals surface area (Å²) in [5.74, 6) is 0. The molecule has 1 aliphatic heterocycles. The van der Waals surface area contributed by atoms with Crippen LogP contribution in [0, 0.1) is 5.41 Å². The number of halogens is 1. The molecule has 20 heavy (non-hydrogen) atoms. The number of rotatable bonds is 2. The van der Waals surface area contributed by atoms with Gasteiger partial charge in [-0.2, -0.15) is 0 Å². The lowest BCUT2D eigenvalue weighted by Crippen LogP contribution is -2.31. The van der Waals surface area contributed by atoms with Gasteiger partial charge < -0.3 is 10.6 Å². The molecule has 0 radical (unpaired) electrons. The second-order valence-corrected chi connectivity index (χ2v) is 7.52. The van der Waals surface area contributed by atoms with Crippen molar-refractivity contribution < 1.29 is 0 Å². The van der Waals surface area contributed by atoms with Crippen molar-refractivity contribution in [1.82, 2.24) is 0 Å². The van der Waals surface area contributed by atoms with Gasteiger partial charge in [0.2, 0.25) is 0 Å². The van der Waals surface area contributed by atoms with Gasteiger partial charge in [0.25, 0.3) is 0 Å². The summed E-state index contributed by atoms with van der Waals surface area (Å²) >= 11 is 3.64. The van der Waals surface area contributed by atoms with Gasteiger partial charge in [-0.1, -0.05) is 54.4 Å². The molecule has 0 aromatic heterocycles. The Hall–Kier alpha value is -0.800. The zero-order valence-electron chi connectivity index (χ0n) is 12.9. The van der Waals surface area contributed by atoms with E-state index in [1.54, 1.807) is 5.57 Å². The minimum Gasteiger partial charge on any atom is -0.367 e. The van der Waals surface area contributed by atoms with Crippen LogP contribution in [0.3, 0.4) is 0 Å². The highest BCUT2D eigenvalue weighted by atomic mass is 79.9. The maximum Gasteiger partial charge on any atom is 0.0380 e. The maximum atomic E-state index is 5.96. The number of hydrogen-bond acceptors (Lipinski definition) is 2. The third kappa shape index (κ3) is 3.44. The summed E-state index contributed by atoms with van der Waals surface area (Å²) in [5.41, 5.74) is 10.3. The fourth-order valence-electron chi connectivity index (χ4n) is 2.67. The normalized spacial score (nSPS) is 17.9. The van der Waals surface area contributed by atoms with Crippen LogP contribution < -0.4 is 10.6 Å². The zero-order chi connectivity index (χ0) is 14.9. The SMILES string of the molecule is CC(N)c1ccc(N2CC=C(C(C)(C)C)CC2)cc1Br. The van der Waals surface area contributed by atoms with E-state index >= 15 is 0 Å². The Balaban J connectivity index is 2.15. The molecule has 2 N–H and O–H groups in total. The number of nitrogens with zero attached hydrogens (tertiary/aromatic N) is 1. The predicted molar refractivity (Wildman–Crippen MR) is 91.1 cm³/mol. The van der Waals surface area contributed by atoms with Crippen LogP contribution in [0.5, 0.6) is 0 Å². The Bertz CT molecular complexity index is 512. The van der Waals surface area contributed by atoms with E-state index in [-0.39, 0.29) is 6.04 Å². The van der Waals surface area contributed by atoms with Crippen LogP contribution >= 0.6 is 15.9 Å². The van der Waals surface area contributed by atoms with Crippen LogP contribution in [-0.2, 0) is 0 Å². The highest BCUT2D eigenvalue weighted by Gasteiger charge is 2.21. The van der Waals surface area contributed by atoms with Crippen LogP contribution in [0.2, 0.25) is 0 Å². The predicted octanol–water partition coefficient (Wildman–Crippen LogP) is 4.65. The first-order valence-electron chi connectivity index (χ1n) is 7.28. The molecule has 0 spiro atoms. The van der Waals surface area contributed by atoms with E-state index in [4.69, 9.17) is 5.73 Å². The molecule has 1 atom stereocenters. The number of hydrogen-bond donors (Lipinski definition) is 1. The van der Waals surface area contributed by atoms with Crippen molar-refractivity contribution in [2.24, 2.45) is 11.1 Å². The van der Waals surface area contributed by atoms with E-state index in [2.05, 4.69) is 65.9 Å².